The Balaban J connectivity index is 1.16. The summed E-state index contributed by atoms with van der Waals surface area (Å²) in [5, 5.41) is 6.13. The molecule has 196 valence electrons. The molecule has 0 saturated carbocycles. The fourth-order valence-corrected chi connectivity index (χ4v) is 4.75. The molecule has 3 aromatic rings. The minimum atomic E-state index is -0.379. The van der Waals surface area contributed by atoms with Crippen LogP contribution in [0, 0.1) is 3.57 Å². The van der Waals surface area contributed by atoms with Crippen LogP contribution in [0.2, 0.25) is 5.15 Å². The number of hydrogen-bond acceptors (Lipinski definition) is 7. The first-order valence-electron chi connectivity index (χ1n) is 12.5. The molecule has 1 aliphatic heterocycles. The van der Waals surface area contributed by atoms with E-state index in [2.05, 4.69) is 72.4 Å². The summed E-state index contributed by atoms with van der Waals surface area (Å²) in [5.41, 5.74) is 8.44. The normalized spacial score (nSPS) is 14.4. The Kier molecular flexibility index (Phi) is 10.4. The number of carbonyl (C=O) groups is 1. The molecule has 0 bridgehead atoms. The highest BCUT2D eigenvalue weighted by molar-refractivity contribution is 14.1. The molecule has 37 heavy (non-hydrogen) atoms. The predicted molar refractivity (Wildman–Crippen MR) is 156 cm³/mol. The molecule has 1 aromatic heterocycles. The maximum Gasteiger partial charge on any atom is 0.273 e. The fourth-order valence-electron chi connectivity index (χ4n) is 4.19. The van der Waals surface area contributed by atoms with Crippen LogP contribution >= 0.6 is 34.2 Å². The summed E-state index contributed by atoms with van der Waals surface area (Å²) in [7, 11) is 0. The minimum absolute atomic E-state index is 0.0374. The van der Waals surface area contributed by atoms with Crippen molar-refractivity contribution in [3.8, 4) is 0 Å². The Labute approximate surface area is 236 Å². The third kappa shape index (κ3) is 8.53. The monoisotopic (exact) mass is 634 g/mol. The number of amides is 1. The first-order valence-corrected chi connectivity index (χ1v) is 13.9. The molecule has 0 aliphatic carbocycles. The number of ether oxygens (including phenoxy) is 1. The van der Waals surface area contributed by atoms with Gasteiger partial charge in [0.1, 0.15) is 0 Å². The summed E-state index contributed by atoms with van der Waals surface area (Å²) in [6.07, 6.45) is 3.22. The first kappa shape index (κ1) is 27.6. The van der Waals surface area contributed by atoms with Crippen molar-refractivity contribution >= 4 is 51.7 Å². The Morgan fingerprint density at radius 1 is 1.08 bits per heavy atom. The number of nitrogen functional groups attached to an aromatic ring is 1. The standard InChI is InChI=1S/C27H32ClIN6O2/c28-24-26(32-18-20-6-8-21(29)9-7-20)34-25(30)23(33-24)27(36)31-13-16-35-14-10-22(11-15-35)37-17-12-19-4-2-1-3-5-19/h1-9,22H,10-18H2,(H,31,36)(H3,30,32,34). The molecule has 1 fully saturated rings. The highest BCUT2D eigenvalue weighted by atomic mass is 127. The van der Waals surface area contributed by atoms with Crippen LogP contribution in [0.25, 0.3) is 0 Å². The van der Waals surface area contributed by atoms with Gasteiger partial charge >= 0.3 is 0 Å². The molecule has 4 N–H and O–H groups in total. The number of likely N-dealkylation sites (tertiary alicyclic amines) is 1. The molecule has 8 nitrogen and oxygen atoms in total. The van der Waals surface area contributed by atoms with E-state index in [1.54, 1.807) is 0 Å². The predicted octanol–water partition coefficient (Wildman–Crippen LogP) is 4.38. The van der Waals surface area contributed by atoms with E-state index in [0.717, 1.165) is 54.6 Å². The van der Waals surface area contributed by atoms with Gasteiger partial charge in [0.05, 0.1) is 12.7 Å². The third-order valence-electron chi connectivity index (χ3n) is 6.30. The van der Waals surface area contributed by atoms with E-state index in [0.29, 0.717) is 25.0 Å². The molecule has 1 amide bonds. The Morgan fingerprint density at radius 2 is 1.81 bits per heavy atom. The highest BCUT2D eigenvalue weighted by Gasteiger charge is 2.21. The van der Waals surface area contributed by atoms with Crippen molar-refractivity contribution in [3.63, 3.8) is 0 Å². The van der Waals surface area contributed by atoms with Crippen LogP contribution in [0.4, 0.5) is 11.6 Å². The average Bonchev–Trinajstić information content (AvgIpc) is 2.91. The van der Waals surface area contributed by atoms with Crippen molar-refractivity contribution in [1.82, 2.24) is 20.2 Å². The van der Waals surface area contributed by atoms with E-state index in [1.165, 1.54) is 5.56 Å². The largest absolute Gasteiger partial charge is 0.382 e. The van der Waals surface area contributed by atoms with Gasteiger partial charge in [-0.05, 0) is 65.1 Å². The number of halogens is 2. The second-order valence-electron chi connectivity index (χ2n) is 8.98. The Bertz CT molecular complexity index is 1160. The van der Waals surface area contributed by atoms with E-state index in [1.807, 2.05) is 30.3 Å². The van der Waals surface area contributed by atoms with Gasteiger partial charge in [-0.25, -0.2) is 9.97 Å². The van der Waals surface area contributed by atoms with Gasteiger partial charge in [0.25, 0.3) is 5.91 Å². The summed E-state index contributed by atoms with van der Waals surface area (Å²) < 4.78 is 7.23. The lowest BCUT2D eigenvalue weighted by Gasteiger charge is -2.31. The summed E-state index contributed by atoms with van der Waals surface area (Å²) in [6, 6.07) is 18.5. The van der Waals surface area contributed by atoms with Gasteiger partial charge in [-0.1, -0.05) is 54.1 Å². The van der Waals surface area contributed by atoms with Crippen molar-refractivity contribution in [2.24, 2.45) is 0 Å². The van der Waals surface area contributed by atoms with Crippen molar-refractivity contribution in [1.29, 1.82) is 0 Å². The lowest BCUT2D eigenvalue weighted by atomic mass is 10.1. The molecule has 4 rings (SSSR count). The van der Waals surface area contributed by atoms with Crippen molar-refractivity contribution < 1.29 is 9.53 Å². The van der Waals surface area contributed by atoms with Crippen LogP contribution in [-0.2, 0) is 17.7 Å². The number of aromatic nitrogens is 2. The van der Waals surface area contributed by atoms with Gasteiger partial charge in [-0.3, -0.25) is 4.79 Å². The summed E-state index contributed by atoms with van der Waals surface area (Å²) in [5.74, 6) is 0.0128. The molecule has 0 spiro atoms. The first-order chi connectivity index (χ1) is 18.0. The molecule has 2 heterocycles. The van der Waals surface area contributed by atoms with Gasteiger partial charge in [0.2, 0.25) is 0 Å². The number of anilines is 2. The van der Waals surface area contributed by atoms with Gasteiger partial charge in [0.15, 0.2) is 22.5 Å². The van der Waals surface area contributed by atoms with Crippen molar-refractivity contribution in [2.45, 2.75) is 31.9 Å². The van der Waals surface area contributed by atoms with Crippen LogP contribution in [0.1, 0.15) is 34.5 Å². The van der Waals surface area contributed by atoms with Gasteiger partial charge in [-0.15, -0.1) is 0 Å². The summed E-state index contributed by atoms with van der Waals surface area (Å²) in [6.45, 7) is 4.39. The van der Waals surface area contributed by atoms with Gasteiger partial charge in [-0.2, -0.15) is 0 Å². The van der Waals surface area contributed by atoms with Gasteiger partial charge < -0.3 is 26.0 Å². The number of piperidine rings is 1. The molecule has 1 saturated heterocycles. The van der Waals surface area contributed by atoms with E-state index < -0.39 is 0 Å². The quantitative estimate of drug-likeness (QED) is 0.269. The smallest absolute Gasteiger partial charge is 0.273 e. The maximum absolute atomic E-state index is 12.7. The molecular weight excluding hydrogens is 603 g/mol. The number of carbonyl (C=O) groups excluding carboxylic acids is 1. The number of rotatable bonds is 11. The van der Waals surface area contributed by atoms with Crippen LogP contribution in [0.3, 0.4) is 0 Å². The van der Waals surface area contributed by atoms with E-state index in [9.17, 15) is 4.79 Å². The van der Waals surface area contributed by atoms with E-state index in [-0.39, 0.29) is 22.6 Å². The molecule has 10 heteroatoms. The van der Waals surface area contributed by atoms with Crippen molar-refractivity contribution in [3.05, 3.63) is 80.1 Å². The molecule has 1 aliphatic rings. The number of nitrogens with zero attached hydrogens (tertiary/aromatic N) is 3. The number of benzene rings is 2. The molecule has 2 aromatic carbocycles. The summed E-state index contributed by atoms with van der Waals surface area (Å²) in [4.78, 5) is 23.4. The maximum atomic E-state index is 12.7. The van der Waals surface area contributed by atoms with E-state index >= 15 is 0 Å². The molecular formula is C27H32ClIN6O2. The third-order valence-corrected chi connectivity index (χ3v) is 7.29. The zero-order valence-corrected chi connectivity index (χ0v) is 23.5. The van der Waals surface area contributed by atoms with Crippen LogP contribution in [-0.4, -0.2) is 59.7 Å². The number of hydrogen-bond donors (Lipinski definition) is 3. The van der Waals surface area contributed by atoms with Crippen molar-refractivity contribution in [2.75, 3.05) is 43.8 Å². The SMILES string of the molecule is Nc1nc(NCc2ccc(I)cc2)c(Cl)nc1C(=O)NCCN1CCC(OCCc2ccccc2)CC1. The zero-order chi connectivity index (χ0) is 26.0. The zero-order valence-electron chi connectivity index (χ0n) is 20.6. The fraction of sp³-hybridized carbons (Fsp3) is 0.370. The van der Waals surface area contributed by atoms with Crippen LogP contribution in [0.15, 0.2) is 54.6 Å². The molecule has 0 atom stereocenters. The number of nitrogens with two attached hydrogens (primary N) is 1. The second-order valence-corrected chi connectivity index (χ2v) is 10.6. The topological polar surface area (TPSA) is 105 Å². The lowest BCUT2D eigenvalue weighted by Crippen LogP contribution is -2.41. The highest BCUT2D eigenvalue weighted by Crippen LogP contribution is 2.21. The average molecular weight is 635 g/mol. The molecule has 0 radical (unpaired) electrons. The Hall–Kier alpha value is -2.47. The van der Waals surface area contributed by atoms with Crippen LogP contribution in [0.5, 0.6) is 0 Å². The number of nitrogens with one attached hydrogen (secondary N) is 2. The van der Waals surface area contributed by atoms with Crippen LogP contribution < -0.4 is 16.4 Å². The Morgan fingerprint density at radius 3 is 2.54 bits per heavy atom. The second kappa shape index (κ2) is 13.9. The lowest BCUT2D eigenvalue weighted by molar-refractivity contribution is 0.00932. The summed E-state index contributed by atoms with van der Waals surface area (Å²) >= 11 is 8.54. The minimum Gasteiger partial charge on any atom is -0.382 e. The van der Waals surface area contributed by atoms with E-state index in [4.69, 9.17) is 22.1 Å². The van der Waals surface area contributed by atoms with Gasteiger partial charge in [0, 0.05) is 36.3 Å². The molecule has 0 unspecified atom stereocenters.